The molecule has 2 rings (SSSR count). The first kappa shape index (κ1) is 16.8. The minimum absolute atomic E-state index is 0.0920. The Kier molecular flexibility index (Phi) is 5.58. The van der Waals surface area contributed by atoms with Crippen molar-refractivity contribution in [2.75, 3.05) is 24.6 Å². The highest BCUT2D eigenvalue weighted by molar-refractivity contribution is 6.01. The number of nitrogens with one attached hydrogen (secondary N) is 1. The van der Waals surface area contributed by atoms with Gasteiger partial charge in [-0.1, -0.05) is 12.1 Å². The molecule has 1 heterocycles. The van der Waals surface area contributed by atoms with Gasteiger partial charge in [-0.25, -0.2) is 0 Å². The zero-order valence-corrected chi connectivity index (χ0v) is 13.4. The molecule has 122 valence electrons. The lowest BCUT2D eigenvalue weighted by molar-refractivity contribution is -0.126. The Balaban J connectivity index is 2.06. The minimum Gasteiger partial charge on any atom is -0.492 e. The van der Waals surface area contributed by atoms with Crippen LogP contribution in [0.25, 0.3) is 0 Å². The number of carbonyl (C=O) groups excluding carboxylic acids is 2. The maximum atomic E-state index is 12.3. The maximum Gasteiger partial charge on any atom is 0.227 e. The molecule has 0 spiro atoms. The van der Waals surface area contributed by atoms with Crippen LogP contribution in [0.3, 0.4) is 0 Å². The lowest BCUT2D eigenvalue weighted by atomic mass is 10.1. The fourth-order valence-corrected chi connectivity index (χ4v) is 2.52. The highest BCUT2D eigenvalue weighted by Gasteiger charge is 2.36. The molecule has 0 aromatic heterocycles. The summed E-state index contributed by atoms with van der Waals surface area (Å²) in [6, 6.07) is 9.39. The second-order valence-corrected chi connectivity index (χ2v) is 5.58. The van der Waals surface area contributed by atoms with E-state index in [2.05, 4.69) is 11.4 Å². The minimum atomic E-state index is -0.400. The molecule has 23 heavy (non-hydrogen) atoms. The van der Waals surface area contributed by atoms with Crippen molar-refractivity contribution in [2.45, 2.75) is 20.3 Å². The van der Waals surface area contributed by atoms with Crippen LogP contribution < -0.4 is 15.0 Å². The molecule has 2 atom stereocenters. The molecule has 1 aromatic carbocycles. The Bertz CT molecular complexity index is 624. The zero-order chi connectivity index (χ0) is 16.8. The number of nitriles is 1. The van der Waals surface area contributed by atoms with Crippen LogP contribution in [0.4, 0.5) is 5.69 Å². The first-order chi connectivity index (χ1) is 11.1. The summed E-state index contributed by atoms with van der Waals surface area (Å²) in [7, 11) is 0. The maximum absolute atomic E-state index is 12.3. The van der Waals surface area contributed by atoms with Gasteiger partial charge in [-0.3, -0.25) is 9.59 Å². The molecule has 2 amide bonds. The van der Waals surface area contributed by atoms with Crippen molar-refractivity contribution in [3.8, 4) is 11.8 Å². The number of ether oxygens (including phenoxy) is 1. The molecule has 1 aliphatic rings. The zero-order valence-electron chi connectivity index (χ0n) is 13.4. The van der Waals surface area contributed by atoms with E-state index < -0.39 is 5.92 Å². The summed E-state index contributed by atoms with van der Waals surface area (Å²) in [5.41, 5.74) is 0.694. The van der Waals surface area contributed by atoms with Crippen molar-refractivity contribution in [1.29, 1.82) is 5.26 Å². The molecule has 6 nitrogen and oxygen atoms in total. The number of para-hydroxylation sites is 2. The number of anilines is 1. The molecule has 0 saturated carbocycles. The first-order valence-corrected chi connectivity index (χ1v) is 7.76. The Morgan fingerprint density at radius 3 is 2.96 bits per heavy atom. The van der Waals surface area contributed by atoms with E-state index in [-0.39, 0.29) is 24.2 Å². The lowest BCUT2D eigenvalue weighted by Crippen LogP contribution is -2.35. The molecular formula is C17H21N3O3. The second kappa shape index (κ2) is 7.63. The molecule has 0 bridgehead atoms. The highest BCUT2D eigenvalue weighted by Crippen LogP contribution is 2.33. The number of rotatable bonds is 6. The van der Waals surface area contributed by atoms with E-state index >= 15 is 0 Å². The molecule has 1 aliphatic heterocycles. The average Bonchev–Trinajstić information content (AvgIpc) is 2.95. The number of hydrogen-bond acceptors (Lipinski definition) is 4. The third-order valence-electron chi connectivity index (χ3n) is 3.75. The van der Waals surface area contributed by atoms with Gasteiger partial charge in [0.05, 0.1) is 30.2 Å². The van der Waals surface area contributed by atoms with Crippen molar-refractivity contribution in [3.63, 3.8) is 0 Å². The SMILES string of the molecule is CCOc1ccccc1N1CC(C(=O)NCC(C)C#N)CC1=O. The summed E-state index contributed by atoms with van der Waals surface area (Å²) in [6.45, 7) is 4.76. The van der Waals surface area contributed by atoms with E-state index in [1.54, 1.807) is 11.8 Å². The second-order valence-electron chi connectivity index (χ2n) is 5.58. The molecule has 1 aromatic rings. The molecule has 1 fully saturated rings. The van der Waals surface area contributed by atoms with Crippen LogP contribution in [0.5, 0.6) is 5.75 Å². The Morgan fingerprint density at radius 2 is 2.26 bits per heavy atom. The summed E-state index contributed by atoms with van der Waals surface area (Å²) in [6.07, 6.45) is 0.174. The van der Waals surface area contributed by atoms with Crippen LogP contribution in [0, 0.1) is 23.2 Å². The monoisotopic (exact) mass is 315 g/mol. The van der Waals surface area contributed by atoms with Crippen molar-refractivity contribution < 1.29 is 14.3 Å². The quantitative estimate of drug-likeness (QED) is 0.866. The van der Waals surface area contributed by atoms with Crippen LogP contribution in [0.1, 0.15) is 20.3 Å². The highest BCUT2D eigenvalue weighted by atomic mass is 16.5. The summed E-state index contributed by atoms with van der Waals surface area (Å²) in [4.78, 5) is 26.0. The van der Waals surface area contributed by atoms with E-state index in [4.69, 9.17) is 10.00 Å². The van der Waals surface area contributed by atoms with E-state index in [0.717, 1.165) is 0 Å². The Labute approximate surface area is 136 Å². The van der Waals surface area contributed by atoms with Gasteiger partial charge in [0.2, 0.25) is 11.8 Å². The molecule has 2 unspecified atom stereocenters. The van der Waals surface area contributed by atoms with Crippen molar-refractivity contribution in [2.24, 2.45) is 11.8 Å². The normalized spacial score (nSPS) is 18.4. The lowest BCUT2D eigenvalue weighted by Gasteiger charge is -2.20. The molecular weight excluding hydrogens is 294 g/mol. The van der Waals surface area contributed by atoms with Gasteiger partial charge in [0.15, 0.2) is 0 Å². The van der Waals surface area contributed by atoms with Crippen molar-refractivity contribution >= 4 is 17.5 Å². The molecule has 0 aliphatic carbocycles. The standard InChI is InChI=1S/C17H21N3O3/c1-3-23-15-7-5-4-6-14(15)20-11-13(8-16(20)21)17(22)19-10-12(2)9-18/h4-7,12-13H,3,8,10-11H2,1-2H3,(H,19,22). The van der Waals surface area contributed by atoms with Crippen molar-refractivity contribution in [3.05, 3.63) is 24.3 Å². The van der Waals surface area contributed by atoms with Crippen LogP contribution in [0.2, 0.25) is 0 Å². The van der Waals surface area contributed by atoms with Gasteiger partial charge in [0, 0.05) is 19.5 Å². The Hall–Kier alpha value is -2.55. The van der Waals surface area contributed by atoms with Gasteiger partial charge >= 0.3 is 0 Å². The van der Waals surface area contributed by atoms with E-state index in [9.17, 15) is 9.59 Å². The third kappa shape index (κ3) is 4.01. The number of nitrogens with zero attached hydrogens (tertiary/aromatic N) is 2. The predicted molar refractivity (Wildman–Crippen MR) is 85.9 cm³/mol. The average molecular weight is 315 g/mol. The number of hydrogen-bond donors (Lipinski definition) is 1. The van der Waals surface area contributed by atoms with Crippen LogP contribution in [-0.4, -0.2) is 31.5 Å². The van der Waals surface area contributed by atoms with Gasteiger partial charge in [-0.05, 0) is 26.0 Å². The fourth-order valence-electron chi connectivity index (χ4n) is 2.52. The number of benzene rings is 1. The van der Waals surface area contributed by atoms with Crippen LogP contribution in [-0.2, 0) is 9.59 Å². The topological polar surface area (TPSA) is 82.4 Å². The van der Waals surface area contributed by atoms with Crippen LogP contribution >= 0.6 is 0 Å². The molecule has 6 heteroatoms. The summed E-state index contributed by atoms with van der Waals surface area (Å²) >= 11 is 0. The number of amides is 2. The van der Waals surface area contributed by atoms with Gasteiger partial charge in [0.1, 0.15) is 5.75 Å². The largest absolute Gasteiger partial charge is 0.492 e. The fraction of sp³-hybridized carbons (Fsp3) is 0.471. The molecule has 1 N–H and O–H groups in total. The molecule has 1 saturated heterocycles. The summed E-state index contributed by atoms with van der Waals surface area (Å²) in [5.74, 6) is -0.279. The van der Waals surface area contributed by atoms with Gasteiger partial charge < -0.3 is 15.0 Å². The van der Waals surface area contributed by atoms with Crippen molar-refractivity contribution in [1.82, 2.24) is 5.32 Å². The van der Waals surface area contributed by atoms with E-state index in [1.807, 2.05) is 31.2 Å². The third-order valence-corrected chi connectivity index (χ3v) is 3.75. The van der Waals surface area contributed by atoms with Gasteiger partial charge in [-0.15, -0.1) is 0 Å². The summed E-state index contributed by atoms with van der Waals surface area (Å²) < 4.78 is 5.56. The van der Waals surface area contributed by atoms with E-state index in [1.165, 1.54) is 0 Å². The molecule has 0 radical (unpaired) electrons. The van der Waals surface area contributed by atoms with Crippen LogP contribution in [0.15, 0.2) is 24.3 Å². The van der Waals surface area contributed by atoms with Gasteiger partial charge in [-0.2, -0.15) is 5.26 Å². The first-order valence-electron chi connectivity index (χ1n) is 7.76. The smallest absolute Gasteiger partial charge is 0.227 e. The number of carbonyl (C=O) groups is 2. The predicted octanol–water partition coefficient (Wildman–Crippen LogP) is 1.71. The Morgan fingerprint density at radius 1 is 1.52 bits per heavy atom. The summed E-state index contributed by atoms with van der Waals surface area (Å²) in [5, 5.41) is 11.5. The van der Waals surface area contributed by atoms with Gasteiger partial charge in [0.25, 0.3) is 0 Å². The van der Waals surface area contributed by atoms with E-state index in [0.29, 0.717) is 31.1 Å².